The van der Waals surface area contributed by atoms with Crippen LogP contribution in [0.25, 0.3) is 0 Å². The van der Waals surface area contributed by atoms with Gasteiger partial charge in [0.2, 0.25) is 0 Å². The Labute approximate surface area is 115 Å². The molecule has 0 atom stereocenters. The first kappa shape index (κ1) is 13.7. The molecule has 0 aromatic carbocycles. The molecule has 2 heterocycles. The molecule has 3 heteroatoms. The maximum Gasteiger partial charge on any atom is 0.0416 e. The van der Waals surface area contributed by atoms with Gasteiger partial charge in [-0.25, -0.2) is 0 Å². The number of aryl methyl sites for hydroxylation is 2. The van der Waals surface area contributed by atoms with Gasteiger partial charge in [0.25, 0.3) is 0 Å². The molecule has 0 aliphatic heterocycles. The van der Waals surface area contributed by atoms with E-state index in [0.717, 1.165) is 37.3 Å². The van der Waals surface area contributed by atoms with Crippen molar-refractivity contribution >= 4 is 0 Å². The number of rotatable bonds is 6. The van der Waals surface area contributed by atoms with Crippen LogP contribution in [0.1, 0.15) is 22.5 Å². The van der Waals surface area contributed by atoms with Crippen molar-refractivity contribution in [3.8, 4) is 0 Å². The van der Waals surface area contributed by atoms with Gasteiger partial charge in [0, 0.05) is 49.7 Å². The third kappa shape index (κ3) is 4.79. The van der Waals surface area contributed by atoms with Crippen LogP contribution in [0, 0.1) is 13.8 Å². The standard InChI is InChI=1S/C16H21N3/c1-13-3-5-15(18-11-13)7-9-17-10-8-16-6-4-14(2)12-19-16/h3-6,11-12,17H,7-10H2,1-2H3. The van der Waals surface area contributed by atoms with Crippen molar-refractivity contribution in [1.82, 2.24) is 15.3 Å². The number of nitrogens with zero attached hydrogens (tertiary/aromatic N) is 2. The average molecular weight is 255 g/mol. The summed E-state index contributed by atoms with van der Waals surface area (Å²) in [6.07, 6.45) is 5.79. The van der Waals surface area contributed by atoms with Crippen molar-refractivity contribution in [2.24, 2.45) is 0 Å². The van der Waals surface area contributed by atoms with Crippen LogP contribution in [0.4, 0.5) is 0 Å². The lowest BCUT2D eigenvalue weighted by atomic mass is 10.2. The Morgan fingerprint density at radius 3 is 1.63 bits per heavy atom. The number of nitrogens with one attached hydrogen (secondary N) is 1. The van der Waals surface area contributed by atoms with E-state index in [2.05, 4.69) is 53.4 Å². The second kappa shape index (κ2) is 7.00. The van der Waals surface area contributed by atoms with Gasteiger partial charge in [0.05, 0.1) is 0 Å². The lowest BCUT2D eigenvalue weighted by Gasteiger charge is -2.05. The van der Waals surface area contributed by atoms with Crippen LogP contribution in [0.15, 0.2) is 36.7 Å². The highest BCUT2D eigenvalue weighted by Crippen LogP contribution is 2.00. The van der Waals surface area contributed by atoms with Crippen molar-refractivity contribution in [3.05, 3.63) is 59.2 Å². The summed E-state index contributed by atoms with van der Waals surface area (Å²) in [5.74, 6) is 0. The van der Waals surface area contributed by atoms with Gasteiger partial charge in [-0.15, -0.1) is 0 Å². The largest absolute Gasteiger partial charge is 0.316 e. The van der Waals surface area contributed by atoms with Crippen molar-refractivity contribution in [3.63, 3.8) is 0 Å². The Bertz CT molecular complexity index is 441. The highest BCUT2D eigenvalue weighted by Gasteiger charge is 1.96. The summed E-state index contributed by atoms with van der Waals surface area (Å²) in [5.41, 5.74) is 4.71. The van der Waals surface area contributed by atoms with Gasteiger partial charge in [0.15, 0.2) is 0 Å². The summed E-state index contributed by atoms with van der Waals surface area (Å²) < 4.78 is 0. The number of hydrogen-bond acceptors (Lipinski definition) is 3. The second-order valence-corrected chi connectivity index (χ2v) is 4.90. The minimum atomic E-state index is 0.960. The third-order valence-electron chi connectivity index (χ3n) is 3.06. The van der Waals surface area contributed by atoms with Crippen LogP contribution in [-0.4, -0.2) is 23.1 Å². The van der Waals surface area contributed by atoms with E-state index in [1.807, 2.05) is 12.4 Å². The molecule has 0 fully saturated rings. The van der Waals surface area contributed by atoms with Crippen molar-refractivity contribution < 1.29 is 0 Å². The SMILES string of the molecule is Cc1ccc(CCNCCc2ccc(C)cn2)nc1. The van der Waals surface area contributed by atoms with E-state index < -0.39 is 0 Å². The predicted molar refractivity (Wildman–Crippen MR) is 78.2 cm³/mol. The van der Waals surface area contributed by atoms with Gasteiger partial charge in [-0.2, -0.15) is 0 Å². The van der Waals surface area contributed by atoms with E-state index in [0.29, 0.717) is 0 Å². The van der Waals surface area contributed by atoms with Crippen LogP contribution in [0.5, 0.6) is 0 Å². The zero-order valence-electron chi connectivity index (χ0n) is 11.7. The lowest BCUT2D eigenvalue weighted by molar-refractivity contribution is 0.669. The van der Waals surface area contributed by atoms with Gasteiger partial charge >= 0.3 is 0 Å². The van der Waals surface area contributed by atoms with E-state index in [1.165, 1.54) is 11.1 Å². The fourth-order valence-corrected chi connectivity index (χ4v) is 1.85. The molecule has 0 spiro atoms. The smallest absolute Gasteiger partial charge is 0.0416 e. The molecule has 100 valence electrons. The van der Waals surface area contributed by atoms with E-state index >= 15 is 0 Å². The summed E-state index contributed by atoms with van der Waals surface area (Å²) in [4.78, 5) is 8.78. The topological polar surface area (TPSA) is 37.8 Å². The van der Waals surface area contributed by atoms with Gasteiger partial charge in [0.1, 0.15) is 0 Å². The molecule has 0 amide bonds. The van der Waals surface area contributed by atoms with Crippen molar-refractivity contribution in [2.75, 3.05) is 13.1 Å². The Hall–Kier alpha value is -1.74. The van der Waals surface area contributed by atoms with E-state index in [4.69, 9.17) is 0 Å². The zero-order valence-corrected chi connectivity index (χ0v) is 11.7. The zero-order chi connectivity index (χ0) is 13.5. The molecule has 1 N–H and O–H groups in total. The molecule has 0 aliphatic carbocycles. The Kier molecular flexibility index (Phi) is 5.04. The molecular formula is C16H21N3. The number of pyridine rings is 2. The minimum Gasteiger partial charge on any atom is -0.316 e. The number of aromatic nitrogens is 2. The van der Waals surface area contributed by atoms with Crippen LogP contribution in [0.2, 0.25) is 0 Å². The predicted octanol–water partition coefficient (Wildman–Crippen LogP) is 2.47. The summed E-state index contributed by atoms with van der Waals surface area (Å²) in [6, 6.07) is 8.41. The quantitative estimate of drug-likeness (QED) is 0.806. The molecule has 19 heavy (non-hydrogen) atoms. The maximum absolute atomic E-state index is 4.39. The first-order chi connectivity index (χ1) is 9.24. The fourth-order valence-electron chi connectivity index (χ4n) is 1.85. The Morgan fingerprint density at radius 2 is 1.26 bits per heavy atom. The van der Waals surface area contributed by atoms with E-state index in [9.17, 15) is 0 Å². The molecule has 3 nitrogen and oxygen atoms in total. The Morgan fingerprint density at radius 1 is 0.789 bits per heavy atom. The highest BCUT2D eigenvalue weighted by atomic mass is 14.9. The molecule has 0 bridgehead atoms. The molecule has 2 aromatic rings. The summed E-state index contributed by atoms with van der Waals surface area (Å²) >= 11 is 0. The third-order valence-corrected chi connectivity index (χ3v) is 3.06. The summed E-state index contributed by atoms with van der Waals surface area (Å²) in [6.45, 7) is 6.04. The molecule has 0 radical (unpaired) electrons. The van der Waals surface area contributed by atoms with Gasteiger partial charge in [-0.1, -0.05) is 12.1 Å². The van der Waals surface area contributed by atoms with Crippen molar-refractivity contribution in [2.45, 2.75) is 26.7 Å². The van der Waals surface area contributed by atoms with Gasteiger partial charge < -0.3 is 5.32 Å². The minimum absolute atomic E-state index is 0.960. The molecule has 0 aliphatic rings. The first-order valence-corrected chi connectivity index (χ1v) is 6.78. The molecule has 0 unspecified atom stereocenters. The van der Waals surface area contributed by atoms with Gasteiger partial charge in [-0.3, -0.25) is 9.97 Å². The van der Waals surface area contributed by atoms with E-state index in [-0.39, 0.29) is 0 Å². The van der Waals surface area contributed by atoms with Crippen LogP contribution < -0.4 is 5.32 Å². The summed E-state index contributed by atoms with van der Waals surface area (Å²) in [7, 11) is 0. The number of hydrogen-bond donors (Lipinski definition) is 1. The first-order valence-electron chi connectivity index (χ1n) is 6.78. The molecule has 0 saturated heterocycles. The van der Waals surface area contributed by atoms with Crippen LogP contribution in [0.3, 0.4) is 0 Å². The second-order valence-electron chi connectivity index (χ2n) is 4.90. The summed E-state index contributed by atoms with van der Waals surface area (Å²) in [5, 5.41) is 3.43. The lowest BCUT2D eigenvalue weighted by Crippen LogP contribution is -2.20. The molecule has 0 saturated carbocycles. The normalized spacial score (nSPS) is 10.6. The maximum atomic E-state index is 4.39. The monoisotopic (exact) mass is 255 g/mol. The highest BCUT2D eigenvalue weighted by molar-refractivity contribution is 5.13. The Balaban J connectivity index is 1.64. The van der Waals surface area contributed by atoms with E-state index in [1.54, 1.807) is 0 Å². The molecule has 2 rings (SSSR count). The van der Waals surface area contributed by atoms with Gasteiger partial charge in [-0.05, 0) is 37.1 Å². The fraction of sp³-hybridized carbons (Fsp3) is 0.375. The van der Waals surface area contributed by atoms with Crippen LogP contribution >= 0.6 is 0 Å². The van der Waals surface area contributed by atoms with Crippen LogP contribution in [-0.2, 0) is 12.8 Å². The van der Waals surface area contributed by atoms with Crippen molar-refractivity contribution in [1.29, 1.82) is 0 Å². The molecule has 2 aromatic heterocycles. The average Bonchev–Trinajstić information content (AvgIpc) is 2.43. The molecular weight excluding hydrogens is 234 g/mol.